The summed E-state index contributed by atoms with van der Waals surface area (Å²) in [6, 6.07) is 5.32. The van der Waals surface area contributed by atoms with Gasteiger partial charge in [0.1, 0.15) is 11.4 Å². The van der Waals surface area contributed by atoms with E-state index in [2.05, 4.69) is 15.3 Å². The normalized spacial score (nSPS) is 17.8. The summed E-state index contributed by atoms with van der Waals surface area (Å²) in [5.41, 5.74) is 0.906. The molecule has 1 amide bonds. The minimum atomic E-state index is -0.190. The molecule has 3 rings (SSSR count). The Bertz CT molecular complexity index is 701. The molecule has 6 nitrogen and oxygen atoms in total. The molecule has 1 N–H and O–H groups in total. The zero-order chi connectivity index (χ0) is 16.2. The number of carbonyl (C=O) groups excluding carboxylic acids is 2. The average Bonchev–Trinajstić information content (AvgIpc) is 3.10. The number of ketones is 1. The second-order valence-electron chi connectivity index (χ2n) is 5.46. The minimum absolute atomic E-state index is 0.0114. The molecule has 7 heteroatoms. The monoisotopic (exact) mass is 330 g/mol. The Morgan fingerprint density at radius 2 is 2.22 bits per heavy atom. The van der Waals surface area contributed by atoms with E-state index in [9.17, 15) is 9.59 Å². The van der Waals surface area contributed by atoms with E-state index in [1.807, 2.05) is 0 Å². The van der Waals surface area contributed by atoms with Crippen LogP contribution in [-0.2, 0) is 0 Å². The van der Waals surface area contributed by atoms with Crippen molar-refractivity contribution in [3.05, 3.63) is 41.2 Å². The van der Waals surface area contributed by atoms with Gasteiger partial charge in [-0.3, -0.25) is 14.6 Å². The van der Waals surface area contributed by atoms with Gasteiger partial charge in [0.05, 0.1) is 0 Å². The number of pyridine rings is 1. The van der Waals surface area contributed by atoms with Gasteiger partial charge in [0.15, 0.2) is 10.9 Å². The quantitative estimate of drug-likeness (QED) is 0.871. The SMILES string of the molecule is CNc1nc(C(=O)N2CCC[C@H](C(=O)c3ccccn3)C2)cs1. The number of amides is 1. The van der Waals surface area contributed by atoms with E-state index in [1.54, 1.807) is 41.7 Å². The number of likely N-dealkylation sites (tertiary alicyclic amines) is 1. The zero-order valence-electron chi connectivity index (χ0n) is 12.9. The molecule has 0 radical (unpaired) electrons. The first kappa shape index (κ1) is 15.6. The number of aromatic nitrogens is 2. The van der Waals surface area contributed by atoms with Gasteiger partial charge >= 0.3 is 0 Å². The van der Waals surface area contributed by atoms with Gasteiger partial charge in [-0.2, -0.15) is 0 Å². The van der Waals surface area contributed by atoms with Crippen molar-refractivity contribution in [1.29, 1.82) is 0 Å². The predicted molar refractivity (Wildman–Crippen MR) is 88.9 cm³/mol. The van der Waals surface area contributed by atoms with E-state index >= 15 is 0 Å². The summed E-state index contributed by atoms with van der Waals surface area (Å²) in [5.74, 6) is -0.288. The summed E-state index contributed by atoms with van der Waals surface area (Å²) in [5, 5.41) is 5.39. The second-order valence-corrected chi connectivity index (χ2v) is 6.32. The molecule has 0 spiro atoms. The van der Waals surface area contributed by atoms with Crippen LogP contribution in [0.15, 0.2) is 29.8 Å². The van der Waals surface area contributed by atoms with Crippen LogP contribution in [0.3, 0.4) is 0 Å². The third-order valence-corrected chi connectivity index (χ3v) is 4.79. The van der Waals surface area contributed by atoms with Gasteiger partial charge in [-0.05, 0) is 25.0 Å². The Morgan fingerprint density at radius 1 is 1.35 bits per heavy atom. The fourth-order valence-electron chi connectivity index (χ4n) is 2.74. The van der Waals surface area contributed by atoms with E-state index in [0.717, 1.165) is 12.8 Å². The van der Waals surface area contributed by atoms with Crippen molar-refractivity contribution >= 4 is 28.2 Å². The summed E-state index contributed by atoms with van der Waals surface area (Å²) in [4.78, 5) is 35.2. The van der Waals surface area contributed by atoms with Gasteiger partial charge in [-0.1, -0.05) is 6.07 Å². The molecule has 0 aromatic carbocycles. The first-order valence-electron chi connectivity index (χ1n) is 7.57. The van der Waals surface area contributed by atoms with Crippen LogP contribution in [0.5, 0.6) is 0 Å². The van der Waals surface area contributed by atoms with Crippen molar-refractivity contribution in [3.8, 4) is 0 Å². The molecule has 0 bridgehead atoms. The molecule has 1 aliphatic rings. The van der Waals surface area contributed by atoms with Crippen molar-refractivity contribution in [1.82, 2.24) is 14.9 Å². The first-order chi connectivity index (χ1) is 11.2. The Kier molecular flexibility index (Phi) is 4.66. The molecule has 0 unspecified atom stereocenters. The maximum Gasteiger partial charge on any atom is 0.273 e. The predicted octanol–water partition coefficient (Wildman–Crippen LogP) is 2.31. The highest BCUT2D eigenvalue weighted by atomic mass is 32.1. The number of thiazole rings is 1. The first-order valence-corrected chi connectivity index (χ1v) is 8.45. The van der Waals surface area contributed by atoms with Gasteiger partial charge in [0.2, 0.25) is 0 Å². The lowest BCUT2D eigenvalue weighted by Crippen LogP contribution is -2.42. The van der Waals surface area contributed by atoms with Crippen LogP contribution in [-0.4, -0.2) is 46.7 Å². The molecule has 1 saturated heterocycles. The molecule has 2 aromatic heterocycles. The van der Waals surface area contributed by atoms with Crippen molar-refractivity contribution in [3.63, 3.8) is 0 Å². The maximum atomic E-state index is 12.5. The number of hydrogen-bond acceptors (Lipinski definition) is 6. The van der Waals surface area contributed by atoms with Gasteiger partial charge in [0, 0.05) is 37.6 Å². The van der Waals surface area contributed by atoms with Crippen LogP contribution < -0.4 is 5.32 Å². The van der Waals surface area contributed by atoms with Crippen molar-refractivity contribution in [2.45, 2.75) is 12.8 Å². The lowest BCUT2D eigenvalue weighted by Gasteiger charge is -2.31. The molecule has 1 atom stereocenters. The number of Topliss-reactive ketones (excluding diaryl/α,β-unsaturated/α-hetero) is 1. The number of anilines is 1. The Labute approximate surface area is 138 Å². The highest BCUT2D eigenvalue weighted by molar-refractivity contribution is 7.13. The molecule has 120 valence electrons. The Balaban J connectivity index is 1.70. The van der Waals surface area contributed by atoms with Crippen LogP contribution in [0.2, 0.25) is 0 Å². The fourth-order valence-corrected chi connectivity index (χ4v) is 3.39. The minimum Gasteiger partial charge on any atom is -0.365 e. The van der Waals surface area contributed by atoms with E-state index in [0.29, 0.717) is 29.6 Å². The second kappa shape index (κ2) is 6.87. The number of carbonyl (C=O) groups is 2. The maximum absolute atomic E-state index is 12.5. The summed E-state index contributed by atoms with van der Waals surface area (Å²) in [6.45, 7) is 1.10. The van der Waals surface area contributed by atoms with Crippen molar-refractivity contribution in [2.75, 3.05) is 25.5 Å². The molecule has 3 heterocycles. The smallest absolute Gasteiger partial charge is 0.273 e. The third-order valence-electron chi connectivity index (χ3n) is 3.93. The summed E-state index contributed by atoms with van der Waals surface area (Å²) in [6.07, 6.45) is 3.23. The fraction of sp³-hybridized carbons (Fsp3) is 0.375. The third kappa shape index (κ3) is 3.39. The molecule has 23 heavy (non-hydrogen) atoms. The standard InChI is InChI=1S/C16H18N4O2S/c1-17-16-19-13(10-23-16)15(22)20-8-4-5-11(9-20)14(21)12-6-2-3-7-18-12/h2-3,6-7,10-11H,4-5,8-9H2,1H3,(H,17,19)/t11-/m0/s1. The highest BCUT2D eigenvalue weighted by Gasteiger charge is 2.30. The van der Waals surface area contributed by atoms with E-state index in [-0.39, 0.29) is 17.6 Å². The average molecular weight is 330 g/mol. The van der Waals surface area contributed by atoms with Gasteiger partial charge in [-0.25, -0.2) is 4.98 Å². The summed E-state index contributed by atoms with van der Waals surface area (Å²) >= 11 is 1.40. The van der Waals surface area contributed by atoms with Gasteiger partial charge in [0.25, 0.3) is 5.91 Å². The van der Waals surface area contributed by atoms with Crippen LogP contribution in [0.25, 0.3) is 0 Å². The molecule has 1 aliphatic heterocycles. The molecular weight excluding hydrogens is 312 g/mol. The number of hydrogen-bond donors (Lipinski definition) is 1. The lowest BCUT2D eigenvalue weighted by molar-refractivity contribution is 0.0631. The Hall–Kier alpha value is -2.28. The lowest BCUT2D eigenvalue weighted by atomic mass is 9.92. The van der Waals surface area contributed by atoms with Crippen LogP contribution in [0.4, 0.5) is 5.13 Å². The van der Waals surface area contributed by atoms with E-state index < -0.39 is 0 Å². The number of nitrogens with one attached hydrogen (secondary N) is 1. The number of rotatable bonds is 4. The Morgan fingerprint density at radius 3 is 2.91 bits per heavy atom. The van der Waals surface area contributed by atoms with Crippen LogP contribution >= 0.6 is 11.3 Å². The number of nitrogens with zero attached hydrogens (tertiary/aromatic N) is 3. The van der Waals surface area contributed by atoms with Gasteiger partial charge < -0.3 is 10.2 Å². The van der Waals surface area contributed by atoms with E-state index in [1.165, 1.54) is 11.3 Å². The van der Waals surface area contributed by atoms with Gasteiger partial charge in [-0.15, -0.1) is 11.3 Å². The zero-order valence-corrected chi connectivity index (χ0v) is 13.7. The molecule has 0 saturated carbocycles. The molecule has 2 aromatic rings. The van der Waals surface area contributed by atoms with Crippen molar-refractivity contribution in [2.24, 2.45) is 5.92 Å². The highest BCUT2D eigenvalue weighted by Crippen LogP contribution is 2.23. The molecule has 0 aliphatic carbocycles. The number of piperidine rings is 1. The molecular formula is C16H18N4O2S. The van der Waals surface area contributed by atoms with Crippen LogP contribution in [0, 0.1) is 5.92 Å². The van der Waals surface area contributed by atoms with Crippen LogP contribution in [0.1, 0.15) is 33.8 Å². The van der Waals surface area contributed by atoms with Crippen molar-refractivity contribution < 1.29 is 9.59 Å². The van der Waals surface area contributed by atoms with E-state index in [4.69, 9.17) is 0 Å². The largest absolute Gasteiger partial charge is 0.365 e. The topological polar surface area (TPSA) is 75.2 Å². The molecule has 1 fully saturated rings. The summed E-state index contributed by atoms with van der Waals surface area (Å²) < 4.78 is 0. The summed E-state index contributed by atoms with van der Waals surface area (Å²) in [7, 11) is 1.77.